The first-order valence-corrected chi connectivity index (χ1v) is 11.8. The van der Waals surface area contributed by atoms with Crippen molar-refractivity contribution < 1.29 is 27.7 Å². The summed E-state index contributed by atoms with van der Waals surface area (Å²) in [6.45, 7) is 4.16. The highest BCUT2D eigenvalue weighted by molar-refractivity contribution is 7.47. The summed E-state index contributed by atoms with van der Waals surface area (Å²) in [7, 11) is 2.03. The van der Waals surface area contributed by atoms with Gasteiger partial charge in [-0.3, -0.25) is 9.05 Å². The maximum atomic E-state index is 11.7. The van der Waals surface area contributed by atoms with Crippen LogP contribution in [-0.2, 0) is 18.3 Å². The molecule has 0 aromatic rings. The minimum Gasteiger partial charge on any atom is -0.379 e. The Morgan fingerprint density at radius 3 is 1.77 bits per heavy atom. The van der Waals surface area contributed by atoms with Crippen LogP contribution >= 0.6 is 7.82 Å². The molecule has 0 aromatic carbocycles. The molecule has 6 nitrogen and oxygen atoms in total. The smallest absolute Gasteiger partial charge is 0.379 e. The Morgan fingerprint density at radius 2 is 1.23 bits per heavy atom. The molecule has 0 saturated heterocycles. The summed E-state index contributed by atoms with van der Waals surface area (Å²) in [6, 6.07) is 0. The summed E-state index contributed by atoms with van der Waals surface area (Å²) < 4.78 is 27.6. The Balaban J connectivity index is 3.33. The molecule has 0 fully saturated rings. The molecule has 0 spiro atoms. The molecule has 0 amide bonds. The standard InChI is InChI=1S/C19H42NO5P/c1-5-6-7-8-9-10-11-12-13-14-16-23-18-19-25-26(21,22)24-17-15-20(2,3)4/h5-19H2,1-4H3/p+1. The van der Waals surface area contributed by atoms with Crippen LogP contribution in [0.2, 0.25) is 0 Å². The van der Waals surface area contributed by atoms with Crippen molar-refractivity contribution in [3.63, 3.8) is 0 Å². The number of phosphoric ester groups is 1. The molecule has 7 heteroatoms. The lowest BCUT2D eigenvalue weighted by Gasteiger charge is -2.24. The average molecular weight is 397 g/mol. The quantitative estimate of drug-likeness (QED) is 0.194. The summed E-state index contributed by atoms with van der Waals surface area (Å²) in [6.07, 6.45) is 12.9. The van der Waals surface area contributed by atoms with Crippen LogP contribution in [0.1, 0.15) is 71.1 Å². The number of phosphoric acid groups is 1. The first kappa shape index (κ1) is 26.0. The predicted molar refractivity (Wildman–Crippen MR) is 107 cm³/mol. The fourth-order valence-electron chi connectivity index (χ4n) is 2.47. The molecule has 1 atom stereocenters. The van der Waals surface area contributed by atoms with Crippen molar-refractivity contribution in [1.29, 1.82) is 0 Å². The zero-order valence-electron chi connectivity index (χ0n) is 17.6. The molecule has 26 heavy (non-hydrogen) atoms. The summed E-state index contributed by atoms with van der Waals surface area (Å²) in [5.74, 6) is 0. The van der Waals surface area contributed by atoms with Gasteiger partial charge < -0.3 is 14.1 Å². The fourth-order valence-corrected chi connectivity index (χ4v) is 3.16. The van der Waals surface area contributed by atoms with Crippen LogP contribution in [0.15, 0.2) is 0 Å². The third-order valence-electron chi connectivity index (χ3n) is 4.14. The van der Waals surface area contributed by atoms with Gasteiger partial charge >= 0.3 is 7.82 Å². The molecule has 0 aromatic heterocycles. The van der Waals surface area contributed by atoms with E-state index in [2.05, 4.69) is 6.92 Å². The Bertz CT molecular complexity index is 360. The molecule has 0 radical (unpaired) electrons. The lowest BCUT2D eigenvalue weighted by molar-refractivity contribution is -0.870. The molecule has 1 unspecified atom stereocenters. The monoisotopic (exact) mass is 396 g/mol. The second-order valence-corrected chi connectivity index (χ2v) is 9.40. The molecule has 0 rings (SSSR count). The second kappa shape index (κ2) is 16.0. The van der Waals surface area contributed by atoms with Gasteiger partial charge in [-0.1, -0.05) is 64.7 Å². The molecule has 0 bridgehead atoms. The Labute approximate surface area is 161 Å². The fraction of sp³-hybridized carbons (Fsp3) is 1.00. The van der Waals surface area contributed by atoms with Gasteiger partial charge in [0.2, 0.25) is 0 Å². The van der Waals surface area contributed by atoms with E-state index in [1.807, 2.05) is 21.1 Å². The number of hydrogen-bond donors (Lipinski definition) is 1. The number of quaternary nitrogens is 1. The normalized spacial score (nSPS) is 14.5. The van der Waals surface area contributed by atoms with E-state index in [4.69, 9.17) is 13.8 Å². The molecule has 1 N–H and O–H groups in total. The van der Waals surface area contributed by atoms with E-state index < -0.39 is 7.82 Å². The van der Waals surface area contributed by atoms with Gasteiger partial charge in [0.25, 0.3) is 0 Å². The van der Waals surface area contributed by atoms with Gasteiger partial charge in [0.15, 0.2) is 0 Å². The van der Waals surface area contributed by atoms with Gasteiger partial charge in [0.05, 0.1) is 34.4 Å². The highest BCUT2D eigenvalue weighted by Gasteiger charge is 2.22. The summed E-state index contributed by atoms with van der Waals surface area (Å²) in [4.78, 5) is 9.55. The van der Waals surface area contributed by atoms with Crippen molar-refractivity contribution >= 4 is 7.82 Å². The minimum atomic E-state index is -3.95. The average Bonchev–Trinajstić information content (AvgIpc) is 2.53. The highest BCUT2D eigenvalue weighted by Crippen LogP contribution is 2.42. The number of ether oxygens (including phenoxy) is 1. The van der Waals surface area contributed by atoms with Crippen molar-refractivity contribution in [3.05, 3.63) is 0 Å². The topological polar surface area (TPSA) is 65.0 Å². The lowest BCUT2D eigenvalue weighted by Crippen LogP contribution is -2.37. The van der Waals surface area contributed by atoms with Crippen LogP contribution in [0.4, 0.5) is 0 Å². The predicted octanol–water partition coefficient (Wildman–Crippen LogP) is 4.76. The van der Waals surface area contributed by atoms with E-state index >= 15 is 0 Å². The molecular formula is C19H43NO5P+. The summed E-state index contributed by atoms with van der Waals surface area (Å²) in [5.41, 5.74) is 0. The largest absolute Gasteiger partial charge is 0.472 e. The van der Waals surface area contributed by atoms with E-state index in [0.717, 1.165) is 6.42 Å². The van der Waals surface area contributed by atoms with Crippen LogP contribution in [0.5, 0.6) is 0 Å². The van der Waals surface area contributed by atoms with E-state index in [-0.39, 0.29) is 13.2 Å². The minimum absolute atomic E-state index is 0.0793. The Kier molecular flexibility index (Phi) is 16.0. The first-order valence-electron chi connectivity index (χ1n) is 10.3. The van der Waals surface area contributed by atoms with Crippen molar-refractivity contribution in [2.24, 2.45) is 0 Å². The van der Waals surface area contributed by atoms with Gasteiger partial charge in [0.1, 0.15) is 13.2 Å². The van der Waals surface area contributed by atoms with Crippen LogP contribution in [0.3, 0.4) is 0 Å². The Hall–Kier alpha value is 0.0300. The van der Waals surface area contributed by atoms with E-state index in [0.29, 0.717) is 24.2 Å². The van der Waals surface area contributed by atoms with E-state index in [1.165, 1.54) is 57.8 Å². The molecule has 0 heterocycles. The third kappa shape index (κ3) is 20.3. The molecule has 158 valence electrons. The van der Waals surface area contributed by atoms with Crippen molar-refractivity contribution in [3.8, 4) is 0 Å². The lowest BCUT2D eigenvalue weighted by atomic mass is 10.1. The number of likely N-dealkylation sites (N-methyl/N-ethyl adjacent to an activating group) is 1. The molecular weight excluding hydrogens is 353 g/mol. The van der Waals surface area contributed by atoms with Gasteiger partial charge in [-0.05, 0) is 6.42 Å². The second-order valence-electron chi connectivity index (χ2n) is 7.94. The third-order valence-corrected chi connectivity index (χ3v) is 5.16. The summed E-state index contributed by atoms with van der Waals surface area (Å²) in [5, 5.41) is 0. The van der Waals surface area contributed by atoms with Crippen LogP contribution in [-0.4, -0.2) is 63.5 Å². The van der Waals surface area contributed by atoms with Gasteiger partial charge in [0, 0.05) is 6.61 Å². The zero-order valence-corrected chi connectivity index (χ0v) is 18.5. The number of nitrogens with zero attached hydrogens (tertiary/aromatic N) is 1. The van der Waals surface area contributed by atoms with Crippen LogP contribution < -0.4 is 0 Å². The maximum Gasteiger partial charge on any atom is 0.472 e. The van der Waals surface area contributed by atoms with E-state index in [9.17, 15) is 9.46 Å². The number of rotatable bonds is 19. The summed E-state index contributed by atoms with van der Waals surface area (Å²) >= 11 is 0. The Morgan fingerprint density at radius 1 is 0.731 bits per heavy atom. The van der Waals surface area contributed by atoms with E-state index in [1.54, 1.807) is 0 Å². The number of unbranched alkanes of at least 4 members (excludes halogenated alkanes) is 9. The van der Waals surface area contributed by atoms with Crippen molar-refractivity contribution in [1.82, 2.24) is 0 Å². The van der Waals surface area contributed by atoms with Crippen molar-refractivity contribution in [2.45, 2.75) is 71.1 Å². The highest BCUT2D eigenvalue weighted by atomic mass is 31.2. The first-order chi connectivity index (χ1) is 12.3. The molecule has 0 aliphatic rings. The molecule has 0 aliphatic heterocycles. The van der Waals surface area contributed by atoms with Gasteiger partial charge in [-0.25, -0.2) is 4.57 Å². The van der Waals surface area contributed by atoms with Gasteiger partial charge in [-0.2, -0.15) is 0 Å². The molecule has 0 saturated carbocycles. The number of hydrogen-bond acceptors (Lipinski definition) is 4. The SMILES string of the molecule is CCCCCCCCCCCCOCCOP(=O)(O)OCC[N+](C)(C)C. The van der Waals surface area contributed by atoms with Crippen molar-refractivity contribution in [2.75, 3.05) is 54.1 Å². The molecule has 0 aliphatic carbocycles. The van der Waals surface area contributed by atoms with Crippen LogP contribution in [0, 0.1) is 0 Å². The van der Waals surface area contributed by atoms with Crippen LogP contribution in [0.25, 0.3) is 0 Å². The zero-order chi connectivity index (χ0) is 19.7. The maximum absolute atomic E-state index is 11.7. The van der Waals surface area contributed by atoms with Gasteiger partial charge in [-0.15, -0.1) is 0 Å².